The summed E-state index contributed by atoms with van der Waals surface area (Å²) in [6, 6.07) is 4.99. The monoisotopic (exact) mass is 460 g/mol. The molecule has 0 spiro atoms. The number of hydrogen-bond donors (Lipinski definition) is 1. The van der Waals surface area contributed by atoms with Crippen LogP contribution in [0, 0.1) is 20.2 Å². The molecule has 2 heterocycles. The number of carbonyl (C=O) groups is 1. The molecule has 1 atom stereocenters. The Labute approximate surface area is 164 Å². The summed E-state index contributed by atoms with van der Waals surface area (Å²) < 4.78 is 0. The number of alkyl halides is 1. The fourth-order valence-electron chi connectivity index (χ4n) is 2.62. The van der Waals surface area contributed by atoms with Crippen LogP contribution in [0.2, 0.25) is 5.02 Å². The van der Waals surface area contributed by atoms with E-state index in [-0.39, 0.29) is 32.3 Å². The first-order valence-corrected chi connectivity index (χ1v) is 9.40. The molecular weight excluding hydrogens is 452 g/mol. The quantitative estimate of drug-likeness (QED) is 0.409. The lowest BCUT2D eigenvalue weighted by Crippen LogP contribution is -2.59. The summed E-state index contributed by atoms with van der Waals surface area (Å²) in [7, 11) is 0. The molecule has 136 valence electrons. The van der Waals surface area contributed by atoms with E-state index in [0.29, 0.717) is 5.00 Å². The van der Waals surface area contributed by atoms with Gasteiger partial charge >= 0.3 is 5.00 Å². The number of fused-ring (bicyclic) bond motifs is 1. The highest BCUT2D eigenvalue weighted by Gasteiger charge is 2.44. The van der Waals surface area contributed by atoms with E-state index in [9.17, 15) is 25.0 Å². The predicted octanol–water partition coefficient (Wildman–Crippen LogP) is 4.40. The van der Waals surface area contributed by atoms with Crippen molar-refractivity contribution in [2.24, 2.45) is 0 Å². The molecule has 0 fully saturated rings. The molecule has 9 nitrogen and oxygen atoms in total. The minimum Gasteiger partial charge on any atom is -0.353 e. The van der Waals surface area contributed by atoms with Gasteiger partial charge in [0.1, 0.15) is 10.7 Å². The summed E-state index contributed by atoms with van der Waals surface area (Å²) in [6.07, 6.45) is 0. The van der Waals surface area contributed by atoms with Gasteiger partial charge in [-0.3, -0.25) is 29.9 Å². The van der Waals surface area contributed by atoms with Crippen LogP contribution in [0.15, 0.2) is 24.3 Å². The molecule has 0 saturated heterocycles. The Balaban J connectivity index is 2.14. The Morgan fingerprint density at radius 1 is 1.31 bits per heavy atom. The van der Waals surface area contributed by atoms with Crippen LogP contribution in [-0.2, 0) is 0 Å². The summed E-state index contributed by atoms with van der Waals surface area (Å²) >= 11 is 10.4. The number of rotatable bonds is 4. The van der Waals surface area contributed by atoms with Gasteiger partial charge in [0.05, 0.1) is 26.1 Å². The number of nitro benzene ring substituents is 1. The molecule has 1 aliphatic rings. The van der Waals surface area contributed by atoms with E-state index >= 15 is 0 Å². The van der Waals surface area contributed by atoms with Crippen molar-refractivity contribution in [2.45, 2.75) is 12.6 Å². The molecule has 12 heteroatoms. The molecule has 1 amide bonds. The number of halogens is 2. The number of nitrogens with one attached hydrogen (secondary N) is 1. The average molecular weight is 462 g/mol. The molecule has 1 aromatic carbocycles. The molecule has 3 rings (SSSR count). The highest BCUT2D eigenvalue weighted by molar-refractivity contribution is 9.09. The smallest absolute Gasteiger partial charge is 0.326 e. The second-order valence-electron chi connectivity index (χ2n) is 5.65. The van der Waals surface area contributed by atoms with Gasteiger partial charge in [0.15, 0.2) is 0 Å². The van der Waals surface area contributed by atoms with Crippen LogP contribution in [0.25, 0.3) is 0 Å². The van der Waals surface area contributed by atoms with Crippen LogP contribution in [-0.4, -0.2) is 26.7 Å². The Morgan fingerprint density at radius 3 is 2.54 bits per heavy atom. The third-order valence-corrected chi connectivity index (χ3v) is 6.25. The molecule has 2 aromatic rings. The van der Waals surface area contributed by atoms with E-state index in [2.05, 4.69) is 21.2 Å². The van der Waals surface area contributed by atoms with Gasteiger partial charge in [-0.15, -0.1) is 0 Å². The highest BCUT2D eigenvalue weighted by Crippen LogP contribution is 2.44. The average Bonchev–Trinajstić information content (AvgIpc) is 3.00. The minimum atomic E-state index is -0.984. The van der Waals surface area contributed by atoms with Crippen LogP contribution in [0.4, 0.5) is 21.4 Å². The minimum absolute atomic E-state index is 0.0229. The van der Waals surface area contributed by atoms with E-state index in [4.69, 9.17) is 11.6 Å². The SMILES string of the molecule is CC1(CBr)Nc2sc([N+](=O)[O-])cc2C(=O)N1c1ccc([N+](=O)[O-])cc1Cl. The number of benzene rings is 1. The third-order valence-electron chi connectivity index (χ3n) is 3.85. The third kappa shape index (κ3) is 2.91. The van der Waals surface area contributed by atoms with Gasteiger partial charge in [-0.05, 0) is 24.3 Å². The van der Waals surface area contributed by atoms with E-state index in [1.54, 1.807) is 6.92 Å². The van der Waals surface area contributed by atoms with E-state index in [0.717, 1.165) is 17.4 Å². The zero-order valence-corrected chi connectivity index (χ0v) is 16.2. The van der Waals surface area contributed by atoms with Crippen molar-refractivity contribution in [3.63, 3.8) is 0 Å². The maximum absolute atomic E-state index is 13.1. The van der Waals surface area contributed by atoms with Crippen molar-refractivity contribution in [3.05, 3.63) is 55.1 Å². The first kappa shape index (κ1) is 18.5. The molecule has 0 bridgehead atoms. The Hall–Kier alpha value is -2.24. The maximum Gasteiger partial charge on any atom is 0.326 e. The number of hydrogen-bond acceptors (Lipinski definition) is 7. The van der Waals surface area contributed by atoms with Crippen LogP contribution in [0.3, 0.4) is 0 Å². The summed E-state index contributed by atoms with van der Waals surface area (Å²) in [4.78, 5) is 35.2. The van der Waals surface area contributed by atoms with Crippen LogP contribution in [0.5, 0.6) is 0 Å². The molecule has 1 unspecified atom stereocenters. The van der Waals surface area contributed by atoms with Gasteiger partial charge in [-0.1, -0.05) is 27.5 Å². The first-order valence-electron chi connectivity index (χ1n) is 7.09. The van der Waals surface area contributed by atoms with Crippen LogP contribution >= 0.6 is 38.9 Å². The summed E-state index contributed by atoms with van der Waals surface area (Å²) in [5.74, 6) is -0.485. The van der Waals surface area contributed by atoms with Gasteiger partial charge in [0.25, 0.3) is 11.6 Å². The lowest BCUT2D eigenvalue weighted by Gasteiger charge is -2.44. The molecule has 1 N–H and O–H groups in total. The Bertz CT molecular complexity index is 951. The molecule has 0 saturated carbocycles. The molecule has 1 aromatic heterocycles. The van der Waals surface area contributed by atoms with Crippen molar-refractivity contribution < 1.29 is 14.6 Å². The number of nitrogens with zero attached hydrogens (tertiary/aromatic N) is 3. The van der Waals surface area contributed by atoms with Crippen molar-refractivity contribution in [1.29, 1.82) is 0 Å². The van der Waals surface area contributed by atoms with Gasteiger partial charge in [0, 0.05) is 23.5 Å². The Morgan fingerprint density at radius 2 is 2.00 bits per heavy atom. The van der Waals surface area contributed by atoms with Crippen molar-refractivity contribution in [1.82, 2.24) is 0 Å². The lowest BCUT2D eigenvalue weighted by atomic mass is 10.0. The zero-order valence-electron chi connectivity index (χ0n) is 13.1. The Kier molecular flexibility index (Phi) is 4.63. The number of non-ortho nitro benzene ring substituents is 1. The maximum atomic E-state index is 13.1. The second-order valence-corrected chi connectivity index (χ2v) is 7.65. The first-order chi connectivity index (χ1) is 12.2. The topological polar surface area (TPSA) is 119 Å². The summed E-state index contributed by atoms with van der Waals surface area (Å²) in [5.41, 5.74) is -0.780. The zero-order chi connectivity index (χ0) is 19.2. The summed E-state index contributed by atoms with van der Waals surface area (Å²) in [5, 5.41) is 25.6. The summed E-state index contributed by atoms with van der Waals surface area (Å²) in [6.45, 7) is 1.71. The van der Waals surface area contributed by atoms with Gasteiger partial charge in [-0.25, -0.2) is 0 Å². The predicted molar refractivity (Wildman–Crippen MR) is 102 cm³/mol. The van der Waals surface area contributed by atoms with Gasteiger partial charge < -0.3 is 5.32 Å². The molecule has 26 heavy (non-hydrogen) atoms. The molecule has 0 radical (unpaired) electrons. The second kappa shape index (κ2) is 6.49. The fraction of sp³-hybridized carbons (Fsp3) is 0.214. The number of anilines is 2. The van der Waals surface area contributed by atoms with E-state index < -0.39 is 21.4 Å². The van der Waals surface area contributed by atoms with Crippen molar-refractivity contribution in [2.75, 3.05) is 15.5 Å². The normalized spacial score (nSPS) is 19.0. The number of thiophene rings is 1. The van der Waals surface area contributed by atoms with E-state index in [1.807, 2.05) is 0 Å². The van der Waals surface area contributed by atoms with Crippen LogP contribution in [0.1, 0.15) is 17.3 Å². The largest absolute Gasteiger partial charge is 0.353 e. The standard InChI is InChI=1S/C14H10BrClN4O5S/c1-14(6-15)17-12-8(5-11(26-12)20(24)25)13(21)18(14)10-3-2-7(19(22)23)4-9(10)16/h2-5,17H,6H2,1H3. The highest BCUT2D eigenvalue weighted by atomic mass is 79.9. The van der Waals surface area contributed by atoms with Crippen molar-refractivity contribution >= 4 is 66.2 Å². The van der Waals surface area contributed by atoms with Gasteiger partial charge in [-0.2, -0.15) is 0 Å². The molecule has 0 aliphatic carbocycles. The molecule has 1 aliphatic heterocycles. The van der Waals surface area contributed by atoms with Crippen molar-refractivity contribution in [3.8, 4) is 0 Å². The number of amides is 1. The van der Waals surface area contributed by atoms with Crippen LogP contribution < -0.4 is 10.2 Å². The van der Waals surface area contributed by atoms with E-state index in [1.165, 1.54) is 23.1 Å². The van der Waals surface area contributed by atoms with Gasteiger partial charge in [0.2, 0.25) is 0 Å². The fourth-order valence-corrected chi connectivity index (χ4v) is 4.26. The number of carbonyl (C=O) groups excluding carboxylic acids is 1. The molecular formula is C14H10BrClN4O5S. The number of nitro groups is 2. The lowest BCUT2D eigenvalue weighted by molar-refractivity contribution is -0.384.